The van der Waals surface area contributed by atoms with Gasteiger partial charge in [0, 0.05) is 6.42 Å². The van der Waals surface area contributed by atoms with Gasteiger partial charge in [0.05, 0.1) is 6.54 Å². The molecule has 4 nitrogen and oxygen atoms in total. The van der Waals surface area contributed by atoms with Gasteiger partial charge in [-0.1, -0.05) is 0 Å². The topological polar surface area (TPSA) is 50.4 Å². The van der Waals surface area contributed by atoms with Gasteiger partial charge in [-0.3, -0.25) is 0 Å². The third kappa shape index (κ3) is 1.39. The van der Waals surface area contributed by atoms with Gasteiger partial charge in [0.25, 0.3) is 0 Å². The van der Waals surface area contributed by atoms with Crippen molar-refractivity contribution in [1.29, 1.82) is 0 Å². The van der Waals surface area contributed by atoms with Gasteiger partial charge in [-0.25, -0.2) is 4.79 Å². The number of hydrogen-bond acceptors (Lipinski definition) is 3. The number of amides is 1. The van der Waals surface area contributed by atoms with E-state index in [0.29, 0.717) is 6.54 Å². The summed E-state index contributed by atoms with van der Waals surface area (Å²) in [5, 5.41) is 6.01. The SMILES string of the molecule is O=C1NCC2(CCCNCC2)O1. The predicted octanol–water partition coefficient (Wildman–Crippen LogP) is 0.238. The molecule has 0 aromatic heterocycles. The second-order valence-electron chi connectivity index (χ2n) is 3.53. The number of alkyl carbamates (subject to hydrolysis) is 1. The van der Waals surface area contributed by atoms with Crippen LogP contribution in [0.3, 0.4) is 0 Å². The summed E-state index contributed by atoms with van der Waals surface area (Å²) in [5.74, 6) is 0. The van der Waals surface area contributed by atoms with Crippen LogP contribution < -0.4 is 10.6 Å². The van der Waals surface area contributed by atoms with Gasteiger partial charge >= 0.3 is 6.09 Å². The zero-order chi connectivity index (χ0) is 8.44. The fourth-order valence-electron chi connectivity index (χ4n) is 1.88. The van der Waals surface area contributed by atoms with Crippen LogP contribution in [0.4, 0.5) is 4.79 Å². The van der Waals surface area contributed by atoms with Crippen molar-refractivity contribution in [3.8, 4) is 0 Å². The van der Waals surface area contributed by atoms with Gasteiger partial charge in [0.2, 0.25) is 0 Å². The van der Waals surface area contributed by atoms with Crippen LogP contribution in [0.5, 0.6) is 0 Å². The standard InChI is InChI=1S/C8H14N2O2/c11-7-10-6-8(12-7)2-1-4-9-5-3-8/h9H,1-6H2,(H,10,11). The molecule has 12 heavy (non-hydrogen) atoms. The van der Waals surface area contributed by atoms with Crippen LogP contribution in [0.2, 0.25) is 0 Å². The summed E-state index contributed by atoms with van der Waals surface area (Å²) < 4.78 is 5.28. The van der Waals surface area contributed by atoms with Crippen molar-refractivity contribution >= 4 is 6.09 Å². The Hall–Kier alpha value is -0.770. The van der Waals surface area contributed by atoms with Gasteiger partial charge < -0.3 is 15.4 Å². The Balaban J connectivity index is 2.03. The molecule has 2 rings (SSSR count). The second-order valence-corrected chi connectivity index (χ2v) is 3.53. The number of nitrogens with one attached hydrogen (secondary N) is 2. The molecule has 68 valence electrons. The summed E-state index contributed by atoms with van der Waals surface area (Å²) in [7, 11) is 0. The van der Waals surface area contributed by atoms with Gasteiger partial charge in [0.15, 0.2) is 0 Å². The minimum absolute atomic E-state index is 0.194. The molecule has 2 aliphatic heterocycles. The quantitative estimate of drug-likeness (QED) is 0.547. The minimum Gasteiger partial charge on any atom is -0.441 e. The Kier molecular flexibility index (Phi) is 1.92. The lowest BCUT2D eigenvalue weighted by Gasteiger charge is -2.23. The highest BCUT2D eigenvalue weighted by molar-refractivity contribution is 5.70. The van der Waals surface area contributed by atoms with Gasteiger partial charge in [-0.15, -0.1) is 0 Å². The van der Waals surface area contributed by atoms with E-state index in [1.165, 1.54) is 0 Å². The van der Waals surface area contributed by atoms with Crippen molar-refractivity contribution in [1.82, 2.24) is 10.6 Å². The molecule has 1 amide bonds. The molecule has 4 heteroatoms. The molecule has 2 aliphatic rings. The third-order valence-electron chi connectivity index (χ3n) is 2.61. The molecule has 2 saturated heterocycles. The first-order valence-electron chi connectivity index (χ1n) is 4.48. The Labute approximate surface area is 71.7 Å². The Bertz CT molecular complexity index is 185. The van der Waals surface area contributed by atoms with Gasteiger partial charge in [0.1, 0.15) is 5.60 Å². The van der Waals surface area contributed by atoms with E-state index in [2.05, 4.69) is 10.6 Å². The highest BCUT2D eigenvalue weighted by atomic mass is 16.6. The van der Waals surface area contributed by atoms with E-state index in [1.807, 2.05) is 0 Å². The molecule has 1 atom stereocenters. The number of carbonyl (C=O) groups excluding carboxylic acids is 1. The first-order chi connectivity index (χ1) is 5.81. The number of ether oxygens (including phenoxy) is 1. The molecule has 2 heterocycles. The van der Waals surface area contributed by atoms with Crippen molar-refractivity contribution in [3.05, 3.63) is 0 Å². The summed E-state index contributed by atoms with van der Waals surface area (Å²) >= 11 is 0. The monoisotopic (exact) mass is 170 g/mol. The lowest BCUT2D eigenvalue weighted by Crippen LogP contribution is -2.34. The normalized spacial score (nSPS) is 35.8. The van der Waals surface area contributed by atoms with Gasteiger partial charge in [-0.2, -0.15) is 0 Å². The van der Waals surface area contributed by atoms with E-state index in [0.717, 1.165) is 32.4 Å². The third-order valence-corrected chi connectivity index (χ3v) is 2.61. The molecule has 0 aromatic carbocycles. The molecule has 2 N–H and O–H groups in total. The lowest BCUT2D eigenvalue weighted by atomic mass is 9.95. The zero-order valence-electron chi connectivity index (χ0n) is 7.06. The Morgan fingerprint density at radius 1 is 1.33 bits per heavy atom. The average molecular weight is 170 g/mol. The van der Waals surface area contributed by atoms with Crippen molar-refractivity contribution in [2.24, 2.45) is 0 Å². The van der Waals surface area contributed by atoms with E-state index < -0.39 is 0 Å². The summed E-state index contributed by atoms with van der Waals surface area (Å²) in [6.07, 6.45) is 2.76. The minimum atomic E-state index is -0.253. The largest absolute Gasteiger partial charge is 0.441 e. The van der Waals surface area contributed by atoms with E-state index in [4.69, 9.17) is 4.74 Å². The molecule has 0 radical (unpaired) electrons. The van der Waals surface area contributed by atoms with Crippen LogP contribution >= 0.6 is 0 Å². The lowest BCUT2D eigenvalue weighted by molar-refractivity contribution is 0.0470. The molecule has 0 saturated carbocycles. The number of rotatable bonds is 0. The maximum Gasteiger partial charge on any atom is 0.407 e. The zero-order valence-corrected chi connectivity index (χ0v) is 7.06. The molecule has 1 spiro atoms. The number of hydrogen-bond donors (Lipinski definition) is 2. The van der Waals surface area contributed by atoms with Crippen molar-refractivity contribution in [3.63, 3.8) is 0 Å². The smallest absolute Gasteiger partial charge is 0.407 e. The van der Waals surface area contributed by atoms with Crippen LogP contribution in [0, 0.1) is 0 Å². The molecule has 0 bridgehead atoms. The van der Waals surface area contributed by atoms with Crippen LogP contribution in [0.15, 0.2) is 0 Å². The first-order valence-corrected chi connectivity index (χ1v) is 4.48. The highest BCUT2D eigenvalue weighted by Crippen LogP contribution is 2.26. The van der Waals surface area contributed by atoms with E-state index in [9.17, 15) is 4.79 Å². The highest BCUT2D eigenvalue weighted by Gasteiger charge is 2.39. The maximum atomic E-state index is 10.9. The molecule has 0 aromatic rings. The van der Waals surface area contributed by atoms with Crippen LogP contribution in [-0.2, 0) is 4.74 Å². The van der Waals surface area contributed by atoms with Crippen molar-refractivity contribution < 1.29 is 9.53 Å². The fourth-order valence-corrected chi connectivity index (χ4v) is 1.88. The van der Waals surface area contributed by atoms with E-state index in [1.54, 1.807) is 0 Å². The second kappa shape index (κ2) is 2.94. The molecular formula is C8H14N2O2. The Morgan fingerprint density at radius 2 is 2.25 bits per heavy atom. The maximum absolute atomic E-state index is 10.9. The number of carbonyl (C=O) groups is 1. The fraction of sp³-hybridized carbons (Fsp3) is 0.875. The summed E-state index contributed by atoms with van der Waals surface area (Å²) in [4.78, 5) is 10.9. The Morgan fingerprint density at radius 3 is 3.00 bits per heavy atom. The molecule has 2 fully saturated rings. The predicted molar refractivity (Wildman–Crippen MR) is 43.9 cm³/mol. The van der Waals surface area contributed by atoms with Crippen molar-refractivity contribution in [2.75, 3.05) is 19.6 Å². The molecular weight excluding hydrogens is 156 g/mol. The molecule has 1 unspecified atom stereocenters. The van der Waals surface area contributed by atoms with E-state index in [-0.39, 0.29) is 11.7 Å². The van der Waals surface area contributed by atoms with Crippen molar-refractivity contribution in [2.45, 2.75) is 24.9 Å². The van der Waals surface area contributed by atoms with Crippen LogP contribution in [0.25, 0.3) is 0 Å². The molecule has 0 aliphatic carbocycles. The van der Waals surface area contributed by atoms with Crippen LogP contribution in [-0.4, -0.2) is 31.3 Å². The summed E-state index contributed by atoms with van der Waals surface area (Å²) in [6, 6.07) is 0. The summed E-state index contributed by atoms with van der Waals surface area (Å²) in [5.41, 5.74) is -0.194. The average Bonchev–Trinajstić information content (AvgIpc) is 2.30. The van der Waals surface area contributed by atoms with Crippen LogP contribution in [0.1, 0.15) is 19.3 Å². The van der Waals surface area contributed by atoms with E-state index >= 15 is 0 Å². The first kappa shape index (κ1) is 7.86. The van der Waals surface area contributed by atoms with Gasteiger partial charge in [-0.05, 0) is 25.9 Å². The summed E-state index contributed by atoms with van der Waals surface area (Å²) in [6.45, 7) is 2.68.